The molecule has 0 radical (unpaired) electrons. The predicted molar refractivity (Wildman–Crippen MR) is 121 cm³/mol. The minimum Gasteiger partial charge on any atom is -0.482 e. The molecule has 1 heterocycles. The van der Waals surface area contributed by atoms with Crippen LogP contribution in [0.1, 0.15) is 50.0 Å². The molecule has 0 atom stereocenters. The Morgan fingerprint density at radius 2 is 1.81 bits per heavy atom. The Morgan fingerprint density at radius 3 is 2.53 bits per heavy atom. The van der Waals surface area contributed by atoms with Crippen molar-refractivity contribution in [3.05, 3.63) is 70.1 Å². The molecule has 0 aliphatic carbocycles. The van der Waals surface area contributed by atoms with Crippen molar-refractivity contribution >= 4 is 22.8 Å². The van der Waals surface area contributed by atoms with Gasteiger partial charge in [-0.25, -0.2) is 9.59 Å². The Balaban J connectivity index is 1.71. The third-order valence-corrected chi connectivity index (χ3v) is 4.76. The van der Waals surface area contributed by atoms with Crippen molar-refractivity contribution in [1.29, 1.82) is 0 Å². The topological polar surface area (TPSA) is 94.8 Å². The fraction of sp³-hybridized carbons (Fsp3) is 0.320. The maximum Gasteiger partial charge on any atom is 0.349 e. The first-order chi connectivity index (χ1) is 15.2. The van der Waals surface area contributed by atoms with E-state index in [4.69, 9.17) is 13.9 Å². The second-order valence-electron chi connectivity index (χ2n) is 8.41. The van der Waals surface area contributed by atoms with Crippen molar-refractivity contribution < 1.29 is 23.5 Å². The zero-order valence-electron chi connectivity index (χ0n) is 18.7. The SMILES string of the molecule is CCCNC(=O)c1cc2ccc(OC(=O)COc3ccccc3C(C)(C)C)cc2oc1=O. The van der Waals surface area contributed by atoms with Crippen molar-refractivity contribution in [1.82, 2.24) is 5.32 Å². The molecule has 1 N–H and O–H groups in total. The van der Waals surface area contributed by atoms with E-state index in [0.29, 0.717) is 17.7 Å². The molecule has 3 rings (SSSR count). The lowest BCUT2D eigenvalue weighted by molar-refractivity contribution is -0.136. The number of para-hydroxylation sites is 1. The van der Waals surface area contributed by atoms with Crippen molar-refractivity contribution in [3.63, 3.8) is 0 Å². The van der Waals surface area contributed by atoms with Gasteiger partial charge in [0.2, 0.25) is 0 Å². The quantitative estimate of drug-likeness (QED) is 0.338. The summed E-state index contributed by atoms with van der Waals surface area (Å²) in [5.74, 6) is -0.242. The molecular weight excluding hydrogens is 410 g/mol. The fourth-order valence-corrected chi connectivity index (χ4v) is 3.16. The van der Waals surface area contributed by atoms with E-state index in [1.54, 1.807) is 12.1 Å². The molecule has 0 saturated heterocycles. The van der Waals surface area contributed by atoms with Gasteiger partial charge in [-0.2, -0.15) is 0 Å². The van der Waals surface area contributed by atoms with Gasteiger partial charge < -0.3 is 19.2 Å². The second kappa shape index (κ2) is 9.68. The number of amides is 1. The van der Waals surface area contributed by atoms with Crippen LogP contribution in [-0.2, 0) is 10.2 Å². The van der Waals surface area contributed by atoms with Crippen molar-refractivity contribution in [2.45, 2.75) is 39.5 Å². The van der Waals surface area contributed by atoms with E-state index in [0.717, 1.165) is 12.0 Å². The number of ether oxygens (including phenoxy) is 2. The van der Waals surface area contributed by atoms with Gasteiger partial charge in [-0.3, -0.25) is 4.79 Å². The average molecular weight is 437 g/mol. The highest BCUT2D eigenvalue weighted by Gasteiger charge is 2.19. The van der Waals surface area contributed by atoms with Gasteiger partial charge in [0, 0.05) is 18.0 Å². The molecule has 0 aliphatic heterocycles. The Morgan fingerprint density at radius 1 is 1.06 bits per heavy atom. The van der Waals surface area contributed by atoms with Crippen LogP contribution in [0.4, 0.5) is 0 Å². The lowest BCUT2D eigenvalue weighted by Gasteiger charge is -2.22. The molecule has 2 aromatic carbocycles. The zero-order chi connectivity index (χ0) is 23.3. The number of carbonyl (C=O) groups excluding carboxylic acids is 2. The lowest BCUT2D eigenvalue weighted by atomic mass is 9.86. The molecule has 3 aromatic rings. The first kappa shape index (κ1) is 23.1. The predicted octanol–water partition coefficient (Wildman–Crippen LogP) is 4.21. The molecule has 0 bridgehead atoms. The van der Waals surface area contributed by atoms with E-state index in [2.05, 4.69) is 26.1 Å². The van der Waals surface area contributed by atoms with Gasteiger partial charge in [0.25, 0.3) is 5.91 Å². The molecule has 168 valence electrons. The molecule has 0 unspecified atom stereocenters. The van der Waals surface area contributed by atoms with Crippen LogP contribution in [0.5, 0.6) is 11.5 Å². The van der Waals surface area contributed by atoms with Gasteiger partial charge in [0.05, 0.1) is 0 Å². The maximum absolute atomic E-state index is 12.3. The fourth-order valence-electron chi connectivity index (χ4n) is 3.16. The minimum absolute atomic E-state index is 0.0680. The molecule has 0 aliphatic rings. The van der Waals surface area contributed by atoms with E-state index >= 15 is 0 Å². The van der Waals surface area contributed by atoms with E-state index < -0.39 is 17.5 Å². The molecule has 7 nitrogen and oxygen atoms in total. The number of carbonyl (C=O) groups is 2. The number of fused-ring (bicyclic) bond motifs is 1. The summed E-state index contributed by atoms with van der Waals surface area (Å²) in [5.41, 5.74) is 0.242. The second-order valence-corrected chi connectivity index (χ2v) is 8.41. The first-order valence-corrected chi connectivity index (χ1v) is 10.5. The molecule has 1 amide bonds. The Kier molecular flexibility index (Phi) is 6.98. The van der Waals surface area contributed by atoms with Gasteiger partial charge in [-0.05, 0) is 41.7 Å². The number of nitrogens with one attached hydrogen (secondary N) is 1. The summed E-state index contributed by atoms with van der Waals surface area (Å²) in [6.07, 6.45) is 0.755. The largest absolute Gasteiger partial charge is 0.482 e. The standard InChI is InChI=1S/C25H27NO6/c1-5-12-26-23(28)18-13-16-10-11-17(14-21(16)32-24(18)29)31-22(27)15-30-20-9-7-6-8-19(20)25(2,3)4/h6-11,13-14H,5,12,15H2,1-4H3,(H,26,28). The third-order valence-electron chi connectivity index (χ3n) is 4.76. The number of benzene rings is 2. The van der Waals surface area contributed by atoms with E-state index in [1.807, 2.05) is 31.2 Å². The summed E-state index contributed by atoms with van der Waals surface area (Å²) in [4.78, 5) is 36.6. The lowest BCUT2D eigenvalue weighted by Crippen LogP contribution is -2.28. The van der Waals surface area contributed by atoms with Crippen LogP contribution in [0, 0.1) is 0 Å². The number of esters is 1. The highest BCUT2D eigenvalue weighted by molar-refractivity contribution is 5.96. The van der Waals surface area contributed by atoms with E-state index in [-0.39, 0.29) is 28.9 Å². The number of rotatable bonds is 7. The van der Waals surface area contributed by atoms with Gasteiger partial charge in [-0.1, -0.05) is 45.9 Å². The van der Waals surface area contributed by atoms with Crippen LogP contribution in [0.2, 0.25) is 0 Å². The minimum atomic E-state index is -0.753. The first-order valence-electron chi connectivity index (χ1n) is 10.5. The maximum atomic E-state index is 12.3. The van der Waals surface area contributed by atoms with Crippen LogP contribution < -0.4 is 20.4 Å². The Labute approximate surface area is 186 Å². The molecular formula is C25H27NO6. The highest BCUT2D eigenvalue weighted by atomic mass is 16.6. The van der Waals surface area contributed by atoms with Gasteiger partial charge in [-0.15, -0.1) is 0 Å². The summed E-state index contributed by atoms with van der Waals surface area (Å²) in [6.45, 7) is 8.30. The summed E-state index contributed by atoms with van der Waals surface area (Å²) in [7, 11) is 0. The number of hydrogen-bond donors (Lipinski definition) is 1. The van der Waals surface area contributed by atoms with Crippen LogP contribution in [0.25, 0.3) is 11.0 Å². The number of hydrogen-bond acceptors (Lipinski definition) is 6. The van der Waals surface area contributed by atoms with Crippen LogP contribution in [0.15, 0.2) is 57.7 Å². The summed E-state index contributed by atoms with van der Waals surface area (Å²) in [5, 5.41) is 3.19. The van der Waals surface area contributed by atoms with Crippen molar-refractivity contribution in [2.24, 2.45) is 0 Å². The Hall–Kier alpha value is -3.61. The van der Waals surface area contributed by atoms with Crippen LogP contribution in [0.3, 0.4) is 0 Å². The van der Waals surface area contributed by atoms with E-state index in [1.165, 1.54) is 12.1 Å². The van der Waals surface area contributed by atoms with Gasteiger partial charge in [0.1, 0.15) is 22.6 Å². The van der Waals surface area contributed by atoms with Crippen molar-refractivity contribution in [3.8, 4) is 11.5 Å². The summed E-state index contributed by atoms with van der Waals surface area (Å²) in [6, 6.07) is 13.6. The molecule has 1 aromatic heterocycles. The molecule has 0 fully saturated rings. The van der Waals surface area contributed by atoms with Gasteiger partial charge in [0.15, 0.2) is 6.61 Å². The Bertz CT molecular complexity index is 1190. The monoisotopic (exact) mass is 437 g/mol. The summed E-state index contributed by atoms with van der Waals surface area (Å²) >= 11 is 0. The molecule has 7 heteroatoms. The van der Waals surface area contributed by atoms with Crippen molar-refractivity contribution in [2.75, 3.05) is 13.2 Å². The zero-order valence-corrected chi connectivity index (χ0v) is 18.7. The van der Waals surface area contributed by atoms with E-state index in [9.17, 15) is 14.4 Å². The molecule has 0 spiro atoms. The third kappa shape index (κ3) is 5.55. The van der Waals surface area contributed by atoms with Crippen LogP contribution in [-0.4, -0.2) is 25.0 Å². The van der Waals surface area contributed by atoms with Crippen LogP contribution >= 0.6 is 0 Å². The molecule has 32 heavy (non-hydrogen) atoms. The average Bonchev–Trinajstić information content (AvgIpc) is 2.75. The molecule has 0 saturated carbocycles. The normalized spacial score (nSPS) is 11.2. The smallest absolute Gasteiger partial charge is 0.349 e. The summed E-state index contributed by atoms with van der Waals surface area (Å²) < 4.78 is 16.3. The highest BCUT2D eigenvalue weighted by Crippen LogP contribution is 2.31. The van der Waals surface area contributed by atoms with Gasteiger partial charge >= 0.3 is 11.6 Å².